The number of benzene rings is 1. The van der Waals surface area contributed by atoms with Crippen LogP contribution in [0, 0.1) is 0 Å². The number of aliphatic hydroxyl groups is 1. The van der Waals surface area contributed by atoms with Gasteiger partial charge in [-0.2, -0.15) is 0 Å². The van der Waals surface area contributed by atoms with Crippen molar-refractivity contribution >= 4 is 23.2 Å². The summed E-state index contributed by atoms with van der Waals surface area (Å²) in [6.45, 7) is 0. The van der Waals surface area contributed by atoms with Crippen LogP contribution in [0.3, 0.4) is 0 Å². The van der Waals surface area contributed by atoms with E-state index in [0.29, 0.717) is 22.9 Å². The third-order valence-corrected chi connectivity index (χ3v) is 3.24. The summed E-state index contributed by atoms with van der Waals surface area (Å²) in [5, 5.41) is 11.3. The van der Waals surface area contributed by atoms with Crippen molar-refractivity contribution in [2.24, 2.45) is 0 Å². The van der Waals surface area contributed by atoms with Gasteiger partial charge in [0.05, 0.1) is 6.10 Å². The maximum atomic E-state index is 10.0. The molecule has 0 bridgehead atoms. The molecular formula is C14H13Cl2NO. The van der Waals surface area contributed by atoms with Crippen LogP contribution in [0.5, 0.6) is 0 Å². The first-order chi connectivity index (χ1) is 8.65. The Morgan fingerprint density at radius 2 is 1.94 bits per heavy atom. The lowest BCUT2D eigenvalue weighted by Crippen LogP contribution is -2.15. The highest BCUT2D eigenvalue weighted by molar-refractivity contribution is 6.33. The SMILES string of the molecule is OC(Cc1ccccn1)Cc1cc(Cl)ccc1Cl. The van der Waals surface area contributed by atoms with Crippen LogP contribution in [0.15, 0.2) is 42.6 Å². The van der Waals surface area contributed by atoms with Gasteiger partial charge in [0, 0.05) is 34.8 Å². The summed E-state index contributed by atoms with van der Waals surface area (Å²) in [5.74, 6) is 0. The van der Waals surface area contributed by atoms with Crippen molar-refractivity contribution in [3.8, 4) is 0 Å². The summed E-state index contributed by atoms with van der Waals surface area (Å²) >= 11 is 12.0. The molecule has 2 rings (SSSR count). The van der Waals surface area contributed by atoms with Crippen LogP contribution in [-0.2, 0) is 12.8 Å². The largest absolute Gasteiger partial charge is 0.392 e. The van der Waals surface area contributed by atoms with E-state index in [4.69, 9.17) is 23.2 Å². The zero-order valence-corrected chi connectivity index (χ0v) is 11.2. The van der Waals surface area contributed by atoms with Gasteiger partial charge in [-0.3, -0.25) is 4.98 Å². The van der Waals surface area contributed by atoms with E-state index < -0.39 is 6.10 Å². The number of halogens is 2. The second-order valence-electron chi connectivity index (χ2n) is 4.12. The number of hydrogen-bond donors (Lipinski definition) is 1. The number of hydrogen-bond acceptors (Lipinski definition) is 2. The molecule has 4 heteroatoms. The van der Waals surface area contributed by atoms with Gasteiger partial charge >= 0.3 is 0 Å². The molecule has 1 heterocycles. The van der Waals surface area contributed by atoms with E-state index in [2.05, 4.69) is 4.98 Å². The van der Waals surface area contributed by atoms with Crippen molar-refractivity contribution in [3.05, 3.63) is 63.9 Å². The Hall–Kier alpha value is -1.09. The van der Waals surface area contributed by atoms with Gasteiger partial charge in [-0.05, 0) is 35.9 Å². The molecular weight excluding hydrogens is 269 g/mol. The second kappa shape index (κ2) is 6.19. The lowest BCUT2D eigenvalue weighted by Gasteiger charge is -2.11. The maximum Gasteiger partial charge on any atom is 0.0636 e. The molecule has 1 aromatic carbocycles. The van der Waals surface area contributed by atoms with Crippen LogP contribution < -0.4 is 0 Å². The molecule has 0 spiro atoms. The summed E-state index contributed by atoms with van der Waals surface area (Å²) in [6.07, 6.45) is 2.17. The monoisotopic (exact) mass is 281 g/mol. The maximum absolute atomic E-state index is 10.0. The highest BCUT2D eigenvalue weighted by atomic mass is 35.5. The van der Waals surface area contributed by atoms with Crippen LogP contribution in [0.25, 0.3) is 0 Å². The molecule has 0 amide bonds. The summed E-state index contributed by atoms with van der Waals surface area (Å²) in [4.78, 5) is 4.18. The third-order valence-electron chi connectivity index (χ3n) is 2.63. The fraction of sp³-hybridized carbons (Fsp3) is 0.214. The number of rotatable bonds is 4. The van der Waals surface area contributed by atoms with E-state index in [9.17, 15) is 5.11 Å². The zero-order chi connectivity index (χ0) is 13.0. The average Bonchev–Trinajstić information content (AvgIpc) is 2.35. The molecule has 94 valence electrons. The van der Waals surface area contributed by atoms with Crippen molar-refractivity contribution in [3.63, 3.8) is 0 Å². The summed E-state index contributed by atoms with van der Waals surface area (Å²) in [7, 11) is 0. The van der Waals surface area contributed by atoms with Gasteiger partial charge in [-0.1, -0.05) is 29.3 Å². The molecule has 0 saturated carbocycles. The number of aromatic nitrogens is 1. The van der Waals surface area contributed by atoms with Crippen LogP contribution in [-0.4, -0.2) is 16.2 Å². The zero-order valence-electron chi connectivity index (χ0n) is 9.68. The number of pyridine rings is 1. The van der Waals surface area contributed by atoms with Crippen molar-refractivity contribution in [2.45, 2.75) is 18.9 Å². The van der Waals surface area contributed by atoms with Gasteiger partial charge in [0.1, 0.15) is 0 Å². The third kappa shape index (κ3) is 3.70. The Bertz CT molecular complexity index is 516. The fourth-order valence-electron chi connectivity index (χ4n) is 1.79. The lowest BCUT2D eigenvalue weighted by molar-refractivity contribution is 0.174. The normalized spacial score (nSPS) is 12.4. The van der Waals surface area contributed by atoms with Gasteiger partial charge < -0.3 is 5.11 Å². The second-order valence-corrected chi connectivity index (χ2v) is 4.96. The first kappa shape index (κ1) is 13.3. The van der Waals surface area contributed by atoms with E-state index in [1.54, 1.807) is 24.4 Å². The number of nitrogens with zero attached hydrogens (tertiary/aromatic N) is 1. The van der Waals surface area contributed by atoms with E-state index in [0.717, 1.165) is 11.3 Å². The minimum Gasteiger partial charge on any atom is -0.392 e. The Kier molecular flexibility index (Phi) is 4.59. The number of aliphatic hydroxyl groups excluding tert-OH is 1. The molecule has 2 aromatic rings. The Morgan fingerprint density at radius 1 is 1.11 bits per heavy atom. The Morgan fingerprint density at radius 3 is 2.67 bits per heavy atom. The van der Waals surface area contributed by atoms with E-state index in [1.165, 1.54) is 0 Å². The van der Waals surface area contributed by atoms with Crippen LogP contribution >= 0.6 is 23.2 Å². The lowest BCUT2D eigenvalue weighted by atomic mass is 10.0. The molecule has 2 nitrogen and oxygen atoms in total. The smallest absolute Gasteiger partial charge is 0.0636 e. The fourth-order valence-corrected chi connectivity index (χ4v) is 2.18. The molecule has 18 heavy (non-hydrogen) atoms. The molecule has 1 N–H and O–H groups in total. The predicted octanol–water partition coefficient (Wildman–Crippen LogP) is 3.53. The van der Waals surface area contributed by atoms with Gasteiger partial charge in [0.25, 0.3) is 0 Å². The summed E-state index contributed by atoms with van der Waals surface area (Å²) in [6, 6.07) is 10.9. The van der Waals surface area contributed by atoms with Gasteiger partial charge in [-0.25, -0.2) is 0 Å². The molecule has 0 fully saturated rings. The quantitative estimate of drug-likeness (QED) is 0.930. The topological polar surface area (TPSA) is 33.1 Å². The Labute approximate surface area is 116 Å². The predicted molar refractivity (Wildman–Crippen MR) is 74.1 cm³/mol. The van der Waals surface area contributed by atoms with Crippen molar-refractivity contribution < 1.29 is 5.11 Å². The molecule has 0 saturated heterocycles. The van der Waals surface area contributed by atoms with Gasteiger partial charge in [0.2, 0.25) is 0 Å². The van der Waals surface area contributed by atoms with Crippen LogP contribution in [0.1, 0.15) is 11.3 Å². The molecule has 0 aliphatic heterocycles. The molecule has 0 aliphatic carbocycles. The van der Waals surface area contributed by atoms with Gasteiger partial charge in [0.15, 0.2) is 0 Å². The molecule has 0 radical (unpaired) electrons. The minimum atomic E-state index is -0.518. The average molecular weight is 282 g/mol. The highest BCUT2D eigenvalue weighted by Crippen LogP contribution is 2.22. The molecule has 1 aromatic heterocycles. The van der Waals surface area contributed by atoms with E-state index in [-0.39, 0.29) is 0 Å². The standard InChI is InChI=1S/C14H13Cl2NO/c15-11-4-5-14(16)10(7-11)8-13(18)9-12-3-1-2-6-17-12/h1-7,13,18H,8-9H2. The summed E-state index contributed by atoms with van der Waals surface area (Å²) in [5.41, 5.74) is 1.72. The molecule has 0 aliphatic rings. The van der Waals surface area contributed by atoms with E-state index in [1.807, 2.05) is 18.2 Å². The van der Waals surface area contributed by atoms with Crippen molar-refractivity contribution in [1.82, 2.24) is 4.98 Å². The van der Waals surface area contributed by atoms with Crippen LogP contribution in [0.2, 0.25) is 10.0 Å². The van der Waals surface area contributed by atoms with Crippen molar-refractivity contribution in [1.29, 1.82) is 0 Å². The van der Waals surface area contributed by atoms with Crippen molar-refractivity contribution in [2.75, 3.05) is 0 Å². The summed E-state index contributed by atoms with van der Waals surface area (Å²) < 4.78 is 0. The molecule has 1 unspecified atom stereocenters. The van der Waals surface area contributed by atoms with Crippen LogP contribution in [0.4, 0.5) is 0 Å². The highest BCUT2D eigenvalue weighted by Gasteiger charge is 2.10. The molecule has 1 atom stereocenters. The Balaban J connectivity index is 2.03. The first-order valence-corrected chi connectivity index (χ1v) is 6.42. The van der Waals surface area contributed by atoms with Gasteiger partial charge in [-0.15, -0.1) is 0 Å². The van der Waals surface area contributed by atoms with E-state index >= 15 is 0 Å². The minimum absolute atomic E-state index is 0.468. The first-order valence-electron chi connectivity index (χ1n) is 5.67.